The van der Waals surface area contributed by atoms with E-state index in [0.29, 0.717) is 12.6 Å². The maximum Gasteiger partial charge on any atom is 0.123 e. The maximum absolute atomic E-state index is 13.0. The molecule has 106 valence electrons. The van der Waals surface area contributed by atoms with Gasteiger partial charge in [-0.2, -0.15) is 0 Å². The van der Waals surface area contributed by atoms with E-state index in [2.05, 4.69) is 12.2 Å². The lowest BCUT2D eigenvalue weighted by Crippen LogP contribution is -2.40. The van der Waals surface area contributed by atoms with Crippen LogP contribution in [-0.4, -0.2) is 19.2 Å². The van der Waals surface area contributed by atoms with E-state index in [1.807, 2.05) is 6.92 Å². The van der Waals surface area contributed by atoms with Crippen molar-refractivity contribution in [3.63, 3.8) is 0 Å². The van der Waals surface area contributed by atoms with Gasteiger partial charge in [0.2, 0.25) is 0 Å². The molecule has 0 heterocycles. The van der Waals surface area contributed by atoms with Crippen molar-refractivity contribution in [3.05, 3.63) is 29.6 Å². The Balaban J connectivity index is 1.93. The van der Waals surface area contributed by atoms with Crippen LogP contribution in [0.5, 0.6) is 5.75 Å². The van der Waals surface area contributed by atoms with Crippen LogP contribution >= 0.6 is 0 Å². The summed E-state index contributed by atoms with van der Waals surface area (Å²) in [4.78, 5) is 0. The van der Waals surface area contributed by atoms with E-state index in [4.69, 9.17) is 4.74 Å². The van der Waals surface area contributed by atoms with Crippen molar-refractivity contribution in [3.8, 4) is 5.75 Å². The number of halogens is 1. The molecule has 0 saturated heterocycles. The number of benzene rings is 1. The number of likely N-dealkylation sites (N-methyl/N-ethyl adjacent to an activating group) is 1. The zero-order valence-electron chi connectivity index (χ0n) is 11.9. The Morgan fingerprint density at radius 1 is 1.37 bits per heavy atom. The molecule has 1 aromatic carbocycles. The van der Waals surface area contributed by atoms with E-state index < -0.39 is 0 Å². The van der Waals surface area contributed by atoms with Gasteiger partial charge in [0.25, 0.3) is 0 Å². The summed E-state index contributed by atoms with van der Waals surface area (Å²) in [7, 11) is 0. The highest BCUT2D eigenvalue weighted by atomic mass is 19.1. The topological polar surface area (TPSA) is 21.3 Å². The molecule has 0 amide bonds. The standard InChI is InChI=1S/C16H24FNO/c1-3-18-15(13-6-4-5-7-13)11-19-16-9-8-14(17)10-12(16)2/h8-10,13,15,18H,3-7,11H2,1-2H3. The number of rotatable bonds is 6. The highest BCUT2D eigenvalue weighted by molar-refractivity contribution is 5.32. The van der Waals surface area contributed by atoms with Crippen molar-refractivity contribution < 1.29 is 9.13 Å². The lowest BCUT2D eigenvalue weighted by molar-refractivity contribution is 0.218. The lowest BCUT2D eigenvalue weighted by Gasteiger charge is -2.24. The molecule has 1 aliphatic carbocycles. The summed E-state index contributed by atoms with van der Waals surface area (Å²) in [5, 5.41) is 3.53. The summed E-state index contributed by atoms with van der Waals surface area (Å²) in [5.41, 5.74) is 0.863. The van der Waals surface area contributed by atoms with E-state index in [-0.39, 0.29) is 5.82 Å². The third-order valence-corrected chi connectivity index (χ3v) is 3.99. The van der Waals surface area contributed by atoms with Gasteiger partial charge in [0.15, 0.2) is 0 Å². The van der Waals surface area contributed by atoms with Gasteiger partial charge in [0.05, 0.1) is 0 Å². The predicted octanol–water partition coefficient (Wildman–Crippen LogP) is 3.68. The Kier molecular flexibility index (Phi) is 5.20. The molecular formula is C16H24FNO. The molecule has 0 aliphatic heterocycles. The van der Waals surface area contributed by atoms with Gasteiger partial charge in [0, 0.05) is 6.04 Å². The van der Waals surface area contributed by atoms with Crippen LogP contribution in [0.4, 0.5) is 4.39 Å². The first-order chi connectivity index (χ1) is 9.20. The minimum Gasteiger partial charge on any atom is -0.492 e. The van der Waals surface area contributed by atoms with Crippen molar-refractivity contribution in [2.45, 2.75) is 45.6 Å². The van der Waals surface area contributed by atoms with Gasteiger partial charge in [0.1, 0.15) is 18.2 Å². The Morgan fingerprint density at radius 2 is 2.11 bits per heavy atom. The van der Waals surface area contributed by atoms with Crippen molar-refractivity contribution in [2.24, 2.45) is 5.92 Å². The first-order valence-corrected chi connectivity index (χ1v) is 7.33. The summed E-state index contributed by atoms with van der Waals surface area (Å²) in [5.74, 6) is 1.31. The van der Waals surface area contributed by atoms with Gasteiger partial charge in [-0.25, -0.2) is 4.39 Å². The quantitative estimate of drug-likeness (QED) is 0.847. The average Bonchev–Trinajstić information content (AvgIpc) is 2.90. The molecule has 0 spiro atoms. The van der Waals surface area contributed by atoms with E-state index in [1.54, 1.807) is 6.07 Å². The summed E-state index contributed by atoms with van der Waals surface area (Å²) < 4.78 is 18.9. The lowest BCUT2D eigenvalue weighted by atomic mass is 9.99. The van der Waals surface area contributed by atoms with Gasteiger partial charge < -0.3 is 10.1 Å². The van der Waals surface area contributed by atoms with Gasteiger partial charge >= 0.3 is 0 Å². The highest BCUT2D eigenvalue weighted by Crippen LogP contribution is 2.28. The first kappa shape index (κ1) is 14.3. The van der Waals surface area contributed by atoms with E-state index in [9.17, 15) is 4.39 Å². The summed E-state index contributed by atoms with van der Waals surface area (Å²) in [6.07, 6.45) is 5.26. The summed E-state index contributed by atoms with van der Waals surface area (Å²) in [6.45, 7) is 5.65. The molecule has 0 bridgehead atoms. The number of hydrogen-bond acceptors (Lipinski definition) is 2. The molecule has 0 aromatic heterocycles. The summed E-state index contributed by atoms with van der Waals surface area (Å²) in [6, 6.07) is 5.12. The zero-order valence-corrected chi connectivity index (χ0v) is 11.9. The van der Waals surface area contributed by atoms with Gasteiger partial charge in [-0.15, -0.1) is 0 Å². The number of hydrogen-bond donors (Lipinski definition) is 1. The SMILES string of the molecule is CCNC(COc1ccc(F)cc1C)C1CCCC1. The van der Waals surface area contributed by atoms with Gasteiger partial charge in [-0.3, -0.25) is 0 Å². The second kappa shape index (κ2) is 6.90. The first-order valence-electron chi connectivity index (χ1n) is 7.33. The molecule has 19 heavy (non-hydrogen) atoms. The van der Waals surface area contributed by atoms with E-state index in [0.717, 1.165) is 23.8 Å². The van der Waals surface area contributed by atoms with E-state index in [1.165, 1.54) is 37.8 Å². The second-order valence-corrected chi connectivity index (χ2v) is 5.43. The minimum absolute atomic E-state index is 0.205. The monoisotopic (exact) mass is 265 g/mol. The zero-order chi connectivity index (χ0) is 13.7. The molecule has 2 rings (SSSR count). The Morgan fingerprint density at radius 3 is 2.74 bits per heavy atom. The maximum atomic E-state index is 13.0. The van der Waals surface area contributed by atoms with E-state index >= 15 is 0 Å². The molecular weight excluding hydrogens is 241 g/mol. The predicted molar refractivity (Wildman–Crippen MR) is 76.1 cm³/mol. The average molecular weight is 265 g/mol. The molecule has 2 nitrogen and oxygen atoms in total. The van der Waals surface area contributed by atoms with Crippen LogP contribution in [0.25, 0.3) is 0 Å². The Bertz CT molecular complexity index is 402. The number of aryl methyl sites for hydroxylation is 1. The Labute approximate surface area is 115 Å². The third kappa shape index (κ3) is 3.93. The number of nitrogens with one attached hydrogen (secondary N) is 1. The van der Waals surface area contributed by atoms with Crippen LogP contribution in [0.1, 0.15) is 38.2 Å². The largest absolute Gasteiger partial charge is 0.492 e. The van der Waals surface area contributed by atoms with Crippen molar-refractivity contribution in [2.75, 3.05) is 13.2 Å². The molecule has 3 heteroatoms. The fraction of sp³-hybridized carbons (Fsp3) is 0.625. The number of ether oxygens (including phenoxy) is 1. The minimum atomic E-state index is -0.205. The van der Waals surface area contributed by atoms with Gasteiger partial charge in [-0.05, 0) is 56.0 Å². The molecule has 0 radical (unpaired) electrons. The van der Waals surface area contributed by atoms with Crippen LogP contribution in [0.2, 0.25) is 0 Å². The molecule has 1 unspecified atom stereocenters. The third-order valence-electron chi connectivity index (χ3n) is 3.99. The molecule has 1 aromatic rings. The van der Waals surface area contributed by atoms with Crippen molar-refractivity contribution in [1.82, 2.24) is 5.32 Å². The van der Waals surface area contributed by atoms with Crippen LogP contribution < -0.4 is 10.1 Å². The van der Waals surface area contributed by atoms with Crippen molar-refractivity contribution in [1.29, 1.82) is 0 Å². The molecule has 1 N–H and O–H groups in total. The fourth-order valence-electron chi connectivity index (χ4n) is 2.94. The smallest absolute Gasteiger partial charge is 0.123 e. The molecule has 1 fully saturated rings. The fourth-order valence-corrected chi connectivity index (χ4v) is 2.94. The van der Waals surface area contributed by atoms with Crippen LogP contribution in [0.3, 0.4) is 0 Å². The normalized spacial score (nSPS) is 17.6. The molecule has 1 aliphatic rings. The van der Waals surface area contributed by atoms with Crippen LogP contribution in [-0.2, 0) is 0 Å². The second-order valence-electron chi connectivity index (χ2n) is 5.43. The van der Waals surface area contributed by atoms with Gasteiger partial charge in [-0.1, -0.05) is 19.8 Å². The molecule has 1 saturated carbocycles. The molecule has 1 atom stereocenters. The highest BCUT2D eigenvalue weighted by Gasteiger charge is 2.24. The van der Waals surface area contributed by atoms with Crippen LogP contribution in [0.15, 0.2) is 18.2 Å². The van der Waals surface area contributed by atoms with Crippen LogP contribution in [0, 0.1) is 18.7 Å². The summed E-state index contributed by atoms with van der Waals surface area (Å²) >= 11 is 0. The van der Waals surface area contributed by atoms with Crippen molar-refractivity contribution >= 4 is 0 Å². The Hall–Kier alpha value is -1.09.